The van der Waals surface area contributed by atoms with Crippen LogP contribution in [-0.2, 0) is 25.4 Å². The molecule has 0 saturated carbocycles. The number of esters is 1. The standard InChI is InChI=1S/C23H30N4O5/c1-13(2)15-10-16(14(3)4)19(28)17(11-15)22(30)32-9-7-8-27-21(29)18-20(24-12-25(18)5)26(6)23(27)31/h10-14,28H,7-9H2,1-6H3. The van der Waals surface area contributed by atoms with E-state index in [4.69, 9.17) is 4.74 Å². The van der Waals surface area contributed by atoms with E-state index in [1.54, 1.807) is 24.7 Å². The largest absolute Gasteiger partial charge is 0.507 e. The van der Waals surface area contributed by atoms with Gasteiger partial charge in [-0.25, -0.2) is 14.6 Å². The van der Waals surface area contributed by atoms with Crippen LogP contribution in [0.25, 0.3) is 11.2 Å². The van der Waals surface area contributed by atoms with Gasteiger partial charge in [-0.05, 0) is 35.4 Å². The van der Waals surface area contributed by atoms with Crippen molar-refractivity contribution in [1.29, 1.82) is 0 Å². The molecule has 0 bridgehead atoms. The van der Waals surface area contributed by atoms with E-state index in [9.17, 15) is 19.5 Å². The number of ether oxygens (including phenoxy) is 1. The van der Waals surface area contributed by atoms with Crippen molar-refractivity contribution < 1.29 is 14.6 Å². The van der Waals surface area contributed by atoms with Gasteiger partial charge in [0.2, 0.25) is 0 Å². The highest BCUT2D eigenvalue weighted by atomic mass is 16.5. The smallest absolute Gasteiger partial charge is 0.341 e. The Labute approximate surface area is 185 Å². The number of phenolic OH excluding ortho intramolecular Hbond substituents is 1. The molecule has 0 aliphatic carbocycles. The van der Waals surface area contributed by atoms with Gasteiger partial charge in [-0.2, -0.15) is 0 Å². The minimum atomic E-state index is -0.630. The topological polar surface area (TPSA) is 108 Å². The summed E-state index contributed by atoms with van der Waals surface area (Å²) in [6, 6.07) is 3.57. The lowest BCUT2D eigenvalue weighted by atomic mass is 9.92. The van der Waals surface area contributed by atoms with Gasteiger partial charge in [0, 0.05) is 20.6 Å². The van der Waals surface area contributed by atoms with Crippen LogP contribution in [0.15, 0.2) is 28.0 Å². The van der Waals surface area contributed by atoms with Gasteiger partial charge in [0.25, 0.3) is 5.56 Å². The number of imidazole rings is 1. The van der Waals surface area contributed by atoms with E-state index in [-0.39, 0.29) is 42.7 Å². The molecule has 1 N–H and O–H groups in total. The number of aromatic hydroxyl groups is 1. The highest BCUT2D eigenvalue weighted by Gasteiger charge is 2.20. The van der Waals surface area contributed by atoms with Crippen LogP contribution < -0.4 is 11.2 Å². The molecule has 3 rings (SSSR count). The Morgan fingerprint density at radius 2 is 1.81 bits per heavy atom. The number of carbonyl (C=O) groups excluding carboxylic acids is 1. The number of benzene rings is 1. The average molecular weight is 443 g/mol. The number of rotatable bonds is 7. The van der Waals surface area contributed by atoms with E-state index >= 15 is 0 Å². The van der Waals surface area contributed by atoms with E-state index < -0.39 is 17.2 Å². The Balaban J connectivity index is 1.76. The van der Waals surface area contributed by atoms with Crippen LogP contribution in [-0.4, -0.2) is 36.4 Å². The van der Waals surface area contributed by atoms with Gasteiger partial charge in [-0.15, -0.1) is 0 Å². The van der Waals surface area contributed by atoms with Crippen molar-refractivity contribution in [3.8, 4) is 5.75 Å². The predicted octanol–water partition coefficient (Wildman–Crippen LogP) is 2.63. The van der Waals surface area contributed by atoms with Crippen LogP contribution in [0.1, 0.15) is 67.4 Å². The molecule has 0 spiro atoms. The minimum Gasteiger partial charge on any atom is -0.507 e. The number of nitrogens with zero attached hydrogens (tertiary/aromatic N) is 4. The van der Waals surface area contributed by atoms with Gasteiger partial charge in [-0.3, -0.25) is 13.9 Å². The van der Waals surface area contributed by atoms with Crippen molar-refractivity contribution in [3.63, 3.8) is 0 Å². The van der Waals surface area contributed by atoms with E-state index in [0.29, 0.717) is 16.7 Å². The first-order chi connectivity index (χ1) is 15.0. The zero-order valence-corrected chi connectivity index (χ0v) is 19.4. The number of carbonyl (C=O) groups is 1. The van der Waals surface area contributed by atoms with Crippen molar-refractivity contribution in [1.82, 2.24) is 18.7 Å². The first kappa shape index (κ1) is 23.3. The lowest BCUT2D eigenvalue weighted by molar-refractivity contribution is 0.0491. The van der Waals surface area contributed by atoms with Gasteiger partial charge in [0.1, 0.15) is 11.3 Å². The molecule has 172 valence electrons. The Hall–Kier alpha value is -3.36. The number of aromatic nitrogens is 4. The Kier molecular flexibility index (Phi) is 6.57. The highest BCUT2D eigenvalue weighted by Crippen LogP contribution is 2.33. The number of phenols is 1. The van der Waals surface area contributed by atoms with Gasteiger partial charge in [0.15, 0.2) is 11.2 Å². The zero-order chi connectivity index (χ0) is 23.7. The molecule has 9 heteroatoms. The molecule has 0 unspecified atom stereocenters. The van der Waals surface area contributed by atoms with E-state index in [1.807, 2.05) is 33.8 Å². The van der Waals surface area contributed by atoms with E-state index in [1.165, 1.54) is 10.9 Å². The zero-order valence-electron chi connectivity index (χ0n) is 19.4. The predicted molar refractivity (Wildman–Crippen MR) is 121 cm³/mol. The quantitative estimate of drug-likeness (QED) is 0.445. The molecule has 1 aromatic carbocycles. The summed E-state index contributed by atoms with van der Waals surface area (Å²) in [6.07, 6.45) is 1.76. The van der Waals surface area contributed by atoms with Crippen LogP contribution in [0.5, 0.6) is 5.75 Å². The molecule has 32 heavy (non-hydrogen) atoms. The molecule has 0 fully saturated rings. The third kappa shape index (κ3) is 4.19. The van der Waals surface area contributed by atoms with Gasteiger partial charge in [0.05, 0.1) is 12.9 Å². The van der Waals surface area contributed by atoms with E-state index in [0.717, 1.165) is 10.1 Å². The molecule has 0 radical (unpaired) electrons. The van der Waals surface area contributed by atoms with Gasteiger partial charge >= 0.3 is 11.7 Å². The minimum absolute atomic E-state index is 0.000208. The summed E-state index contributed by atoms with van der Waals surface area (Å²) in [6.45, 7) is 8.03. The molecular formula is C23H30N4O5. The molecule has 0 aliphatic rings. The summed E-state index contributed by atoms with van der Waals surface area (Å²) in [7, 11) is 3.25. The third-order valence-electron chi connectivity index (χ3n) is 5.63. The average Bonchev–Trinajstić information content (AvgIpc) is 3.12. The maximum Gasteiger partial charge on any atom is 0.341 e. The molecule has 0 saturated heterocycles. The molecule has 3 aromatic rings. The fourth-order valence-corrected chi connectivity index (χ4v) is 3.67. The molecular weight excluding hydrogens is 412 g/mol. The molecule has 0 atom stereocenters. The lowest BCUT2D eigenvalue weighted by Crippen LogP contribution is -2.39. The number of hydrogen-bond donors (Lipinski definition) is 1. The van der Waals surface area contributed by atoms with Crippen LogP contribution in [0.2, 0.25) is 0 Å². The SMILES string of the molecule is CC(C)c1cc(C(=O)OCCCn2c(=O)c3c(ncn3C)n(C)c2=O)c(O)c(C(C)C)c1. The molecule has 9 nitrogen and oxygen atoms in total. The first-order valence-corrected chi connectivity index (χ1v) is 10.7. The number of aryl methyl sites for hydroxylation is 2. The molecule has 2 heterocycles. The maximum absolute atomic E-state index is 12.7. The second-order valence-electron chi connectivity index (χ2n) is 8.63. The van der Waals surface area contributed by atoms with E-state index in [2.05, 4.69) is 4.98 Å². The summed E-state index contributed by atoms with van der Waals surface area (Å²) >= 11 is 0. The second kappa shape index (κ2) is 9.02. The Bertz CT molecular complexity index is 1280. The van der Waals surface area contributed by atoms with Crippen molar-refractivity contribution in [2.45, 2.75) is 52.5 Å². The number of fused-ring (bicyclic) bond motifs is 1. The number of hydrogen-bond acceptors (Lipinski definition) is 6. The Morgan fingerprint density at radius 1 is 1.12 bits per heavy atom. The first-order valence-electron chi connectivity index (χ1n) is 10.7. The highest BCUT2D eigenvalue weighted by molar-refractivity contribution is 5.93. The fraction of sp³-hybridized carbons (Fsp3) is 0.478. The van der Waals surface area contributed by atoms with Crippen LogP contribution in [0.4, 0.5) is 0 Å². The fourth-order valence-electron chi connectivity index (χ4n) is 3.67. The Morgan fingerprint density at radius 3 is 2.44 bits per heavy atom. The summed E-state index contributed by atoms with van der Waals surface area (Å²) in [5, 5.41) is 10.6. The molecule has 0 aliphatic heterocycles. The van der Waals surface area contributed by atoms with Crippen molar-refractivity contribution in [3.05, 3.63) is 56.0 Å². The maximum atomic E-state index is 12.7. The van der Waals surface area contributed by atoms with Crippen molar-refractivity contribution in [2.24, 2.45) is 14.1 Å². The lowest BCUT2D eigenvalue weighted by Gasteiger charge is -2.16. The van der Waals surface area contributed by atoms with Crippen molar-refractivity contribution >= 4 is 17.1 Å². The van der Waals surface area contributed by atoms with Crippen LogP contribution in [0, 0.1) is 0 Å². The van der Waals surface area contributed by atoms with Crippen LogP contribution >= 0.6 is 0 Å². The van der Waals surface area contributed by atoms with Crippen molar-refractivity contribution in [2.75, 3.05) is 6.61 Å². The summed E-state index contributed by atoms with van der Waals surface area (Å²) in [5.41, 5.74) is 1.52. The third-order valence-corrected chi connectivity index (χ3v) is 5.63. The summed E-state index contributed by atoms with van der Waals surface area (Å²) in [5.74, 6) is -0.467. The summed E-state index contributed by atoms with van der Waals surface area (Å²) < 4.78 is 9.38. The normalized spacial score (nSPS) is 11.6. The molecule has 0 amide bonds. The second-order valence-corrected chi connectivity index (χ2v) is 8.63. The van der Waals surface area contributed by atoms with Gasteiger partial charge < -0.3 is 14.4 Å². The monoisotopic (exact) mass is 442 g/mol. The summed E-state index contributed by atoms with van der Waals surface area (Å²) in [4.78, 5) is 42.0. The van der Waals surface area contributed by atoms with Gasteiger partial charge in [-0.1, -0.05) is 33.8 Å². The van der Waals surface area contributed by atoms with Crippen LogP contribution in [0.3, 0.4) is 0 Å². The molecule has 2 aromatic heterocycles.